The second kappa shape index (κ2) is 5.36. The number of aromatic nitrogens is 2. The molecule has 0 aliphatic rings. The molecule has 7 heteroatoms. The van der Waals surface area contributed by atoms with E-state index in [1.54, 1.807) is 0 Å². The van der Waals surface area contributed by atoms with Crippen molar-refractivity contribution in [2.24, 2.45) is 5.73 Å². The Labute approximate surface area is 113 Å². The first-order valence-electron chi connectivity index (χ1n) is 5.81. The third-order valence-corrected chi connectivity index (χ3v) is 2.80. The summed E-state index contributed by atoms with van der Waals surface area (Å²) in [6.07, 6.45) is -1.50. The molecular weight excluding hydrogens is 271 g/mol. The van der Waals surface area contributed by atoms with Crippen LogP contribution >= 0.6 is 0 Å². The maximum absolute atomic E-state index is 12.9. The number of rotatable bonds is 4. The molecule has 4 nitrogen and oxygen atoms in total. The third kappa shape index (κ3) is 3.17. The smallest absolute Gasteiger partial charge is 0.368 e. The van der Waals surface area contributed by atoms with Gasteiger partial charge in [0.2, 0.25) is 5.91 Å². The number of imidazole rings is 1. The second-order valence-electron chi connectivity index (χ2n) is 4.27. The number of amides is 1. The van der Waals surface area contributed by atoms with Crippen LogP contribution in [0.4, 0.5) is 13.2 Å². The molecule has 2 aromatic rings. The standard InChI is InChI=1S/C13H12F3N3O/c14-13(15,16)10-4-2-1-3-9(10)7-12-18-5-6-19(12)8-11(17)20/h1-6H,7-8H2,(H2,17,20). The Balaban J connectivity index is 2.32. The van der Waals surface area contributed by atoms with Crippen molar-refractivity contribution in [3.63, 3.8) is 0 Å². The number of carbonyl (C=O) groups is 1. The van der Waals surface area contributed by atoms with Crippen molar-refractivity contribution >= 4 is 5.91 Å². The van der Waals surface area contributed by atoms with Crippen molar-refractivity contribution in [1.29, 1.82) is 0 Å². The van der Waals surface area contributed by atoms with Crippen molar-refractivity contribution in [1.82, 2.24) is 9.55 Å². The van der Waals surface area contributed by atoms with Gasteiger partial charge in [-0.15, -0.1) is 0 Å². The summed E-state index contributed by atoms with van der Waals surface area (Å²) in [7, 11) is 0. The maximum Gasteiger partial charge on any atom is 0.416 e. The molecule has 1 heterocycles. The summed E-state index contributed by atoms with van der Waals surface area (Å²) >= 11 is 0. The van der Waals surface area contributed by atoms with E-state index in [4.69, 9.17) is 5.73 Å². The Morgan fingerprint density at radius 3 is 2.65 bits per heavy atom. The summed E-state index contributed by atoms with van der Waals surface area (Å²) in [6, 6.07) is 5.29. The average Bonchev–Trinajstić information content (AvgIpc) is 2.75. The Morgan fingerprint density at radius 2 is 2.00 bits per heavy atom. The number of benzene rings is 1. The van der Waals surface area contributed by atoms with Crippen molar-refractivity contribution in [3.05, 3.63) is 53.6 Å². The molecule has 2 rings (SSSR count). The first kappa shape index (κ1) is 14.1. The number of nitrogens with zero attached hydrogens (tertiary/aromatic N) is 2. The lowest BCUT2D eigenvalue weighted by molar-refractivity contribution is -0.138. The van der Waals surface area contributed by atoms with E-state index >= 15 is 0 Å². The fourth-order valence-electron chi connectivity index (χ4n) is 1.94. The normalized spacial score (nSPS) is 11.6. The van der Waals surface area contributed by atoms with E-state index in [0.717, 1.165) is 6.07 Å². The Kier molecular flexibility index (Phi) is 3.78. The summed E-state index contributed by atoms with van der Waals surface area (Å²) in [6.45, 7) is -0.108. The molecule has 1 amide bonds. The van der Waals surface area contributed by atoms with Crippen LogP contribution in [0.5, 0.6) is 0 Å². The van der Waals surface area contributed by atoms with Gasteiger partial charge in [0.05, 0.1) is 5.56 Å². The number of halogens is 3. The average molecular weight is 283 g/mol. The van der Waals surface area contributed by atoms with Crippen molar-refractivity contribution < 1.29 is 18.0 Å². The predicted molar refractivity (Wildman–Crippen MR) is 65.7 cm³/mol. The van der Waals surface area contributed by atoms with Gasteiger partial charge >= 0.3 is 6.18 Å². The molecule has 0 saturated heterocycles. The zero-order chi connectivity index (χ0) is 14.8. The van der Waals surface area contributed by atoms with Crippen LogP contribution in [-0.2, 0) is 23.9 Å². The molecule has 0 fully saturated rings. The first-order valence-corrected chi connectivity index (χ1v) is 5.81. The lowest BCUT2D eigenvalue weighted by Gasteiger charge is -2.13. The number of nitrogens with two attached hydrogens (primary N) is 1. The lowest BCUT2D eigenvalue weighted by Crippen LogP contribution is -2.20. The quantitative estimate of drug-likeness (QED) is 0.932. The molecule has 0 aliphatic heterocycles. The minimum Gasteiger partial charge on any atom is -0.368 e. The maximum atomic E-state index is 12.9. The molecule has 0 atom stereocenters. The van der Waals surface area contributed by atoms with E-state index in [0.29, 0.717) is 5.82 Å². The largest absolute Gasteiger partial charge is 0.416 e. The number of hydrogen-bond acceptors (Lipinski definition) is 2. The van der Waals surface area contributed by atoms with Crippen LogP contribution in [0, 0.1) is 0 Å². The first-order chi connectivity index (χ1) is 9.38. The van der Waals surface area contributed by atoms with Gasteiger partial charge in [0.25, 0.3) is 0 Å². The molecule has 2 N–H and O–H groups in total. The molecular formula is C13H12F3N3O. The van der Waals surface area contributed by atoms with E-state index in [1.165, 1.54) is 35.2 Å². The minimum absolute atomic E-state index is 0.0179. The van der Waals surface area contributed by atoms with E-state index in [2.05, 4.69) is 4.98 Å². The van der Waals surface area contributed by atoms with E-state index in [1.807, 2.05) is 0 Å². The molecule has 0 bridgehead atoms. The summed E-state index contributed by atoms with van der Waals surface area (Å²) < 4.78 is 40.1. The molecule has 1 aromatic carbocycles. The topological polar surface area (TPSA) is 60.9 Å². The third-order valence-electron chi connectivity index (χ3n) is 2.80. The van der Waals surface area contributed by atoms with Gasteiger partial charge in [0.15, 0.2) is 0 Å². The number of carbonyl (C=O) groups excluding carboxylic acids is 1. The van der Waals surface area contributed by atoms with Crippen LogP contribution < -0.4 is 5.73 Å². The van der Waals surface area contributed by atoms with Gasteiger partial charge in [0.1, 0.15) is 12.4 Å². The summed E-state index contributed by atoms with van der Waals surface area (Å²) in [5.41, 5.74) is 4.49. The summed E-state index contributed by atoms with van der Waals surface area (Å²) in [5.74, 6) is -0.214. The Morgan fingerprint density at radius 1 is 1.30 bits per heavy atom. The summed E-state index contributed by atoms with van der Waals surface area (Å²) in [5, 5.41) is 0. The fraction of sp³-hybridized carbons (Fsp3) is 0.231. The van der Waals surface area contributed by atoms with Crippen molar-refractivity contribution in [2.45, 2.75) is 19.1 Å². The predicted octanol–water partition coefficient (Wildman–Crippen LogP) is 1.98. The highest BCUT2D eigenvalue weighted by Gasteiger charge is 2.33. The molecule has 106 valence electrons. The zero-order valence-corrected chi connectivity index (χ0v) is 10.4. The molecule has 20 heavy (non-hydrogen) atoms. The van der Waals surface area contributed by atoms with Crippen molar-refractivity contribution in [2.75, 3.05) is 0 Å². The SMILES string of the molecule is NC(=O)Cn1ccnc1Cc1ccccc1C(F)(F)F. The van der Waals surface area contributed by atoms with Crippen molar-refractivity contribution in [3.8, 4) is 0 Å². The van der Waals surface area contributed by atoms with Crippen LogP contribution in [0.3, 0.4) is 0 Å². The van der Waals surface area contributed by atoms with Crippen LogP contribution in [0.25, 0.3) is 0 Å². The highest BCUT2D eigenvalue weighted by Crippen LogP contribution is 2.32. The highest BCUT2D eigenvalue weighted by molar-refractivity contribution is 5.73. The second-order valence-corrected chi connectivity index (χ2v) is 4.27. The molecule has 0 spiro atoms. The van der Waals surface area contributed by atoms with Crippen LogP contribution in [0.2, 0.25) is 0 Å². The van der Waals surface area contributed by atoms with Gasteiger partial charge in [0, 0.05) is 18.8 Å². The van der Waals surface area contributed by atoms with Crippen LogP contribution in [-0.4, -0.2) is 15.5 Å². The molecule has 0 aliphatic carbocycles. The molecule has 0 saturated carbocycles. The van der Waals surface area contributed by atoms with Crippen LogP contribution in [0.15, 0.2) is 36.7 Å². The molecule has 0 radical (unpaired) electrons. The van der Waals surface area contributed by atoms with E-state index in [9.17, 15) is 18.0 Å². The number of alkyl halides is 3. The Bertz CT molecular complexity index is 619. The summed E-state index contributed by atoms with van der Waals surface area (Å²) in [4.78, 5) is 14.9. The highest BCUT2D eigenvalue weighted by atomic mass is 19.4. The van der Waals surface area contributed by atoms with E-state index < -0.39 is 17.6 Å². The van der Waals surface area contributed by atoms with E-state index in [-0.39, 0.29) is 18.5 Å². The fourth-order valence-corrected chi connectivity index (χ4v) is 1.94. The number of hydrogen-bond donors (Lipinski definition) is 1. The minimum atomic E-state index is -4.42. The lowest BCUT2D eigenvalue weighted by atomic mass is 10.0. The number of primary amides is 1. The van der Waals surface area contributed by atoms with Gasteiger partial charge in [-0.25, -0.2) is 4.98 Å². The van der Waals surface area contributed by atoms with Gasteiger partial charge in [-0.1, -0.05) is 18.2 Å². The van der Waals surface area contributed by atoms with Gasteiger partial charge in [-0.2, -0.15) is 13.2 Å². The van der Waals surface area contributed by atoms with Gasteiger partial charge in [-0.3, -0.25) is 4.79 Å². The monoisotopic (exact) mass is 283 g/mol. The Hall–Kier alpha value is -2.31. The molecule has 1 aromatic heterocycles. The van der Waals surface area contributed by atoms with Gasteiger partial charge < -0.3 is 10.3 Å². The molecule has 0 unspecified atom stereocenters. The zero-order valence-electron chi connectivity index (χ0n) is 10.4. The van der Waals surface area contributed by atoms with Crippen LogP contribution in [0.1, 0.15) is 17.0 Å². The van der Waals surface area contributed by atoms with Gasteiger partial charge in [-0.05, 0) is 11.6 Å².